The predicted molar refractivity (Wildman–Crippen MR) is 181 cm³/mol. The van der Waals surface area contributed by atoms with Gasteiger partial charge < -0.3 is 23.4 Å². The maximum absolute atomic E-state index is 12.1. The van der Waals surface area contributed by atoms with Crippen molar-refractivity contribution in [3.63, 3.8) is 0 Å². The summed E-state index contributed by atoms with van der Waals surface area (Å²) in [6.07, 6.45) is 13.1. The maximum atomic E-state index is 12.1. The van der Waals surface area contributed by atoms with Gasteiger partial charge in [0, 0.05) is 39.5 Å². The Balaban J connectivity index is 0.000000571. The van der Waals surface area contributed by atoms with E-state index >= 15 is 0 Å². The average Bonchev–Trinajstić information content (AvgIpc) is 3.00. The second-order valence-corrected chi connectivity index (χ2v) is 14.9. The lowest BCUT2D eigenvalue weighted by Crippen LogP contribution is -2.31. The molecule has 0 unspecified atom stereocenters. The molecule has 0 radical (unpaired) electrons. The summed E-state index contributed by atoms with van der Waals surface area (Å²) in [6, 6.07) is 7.07. The first-order valence-corrected chi connectivity index (χ1v) is 19.8. The Morgan fingerprint density at radius 3 is 1.56 bits per heavy atom. The third-order valence-corrected chi connectivity index (χ3v) is 11.9. The molecule has 0 bridgehead atoms. The molecule has 3 rings (SSSR count). The molecule has 43 heavy (non-hydrogen) atoms. The molecule has 11 nitrogen and oxygen atoms in total. The molecule has 15 heteroatoms. The van der Waals surface area contributed by atoms with Crippen LogP contribution >= 0.6 is 39.1 Å². The van der Waals surface area contributed by atoms with Crippen molar-refractivity contribution in [2.24, 2.45) is 0 Å². The highest BCUT2D eigenvalue weighted by atomic mass is 79.9. The van der Waals surface area contributed by atoms with Crippen molar-refractivity contribution in [3.05, 3.63) is 53.5 Å². The van der Waals surface area contributed by atoms with Gasteiger partial charge in [0.05, 0.1) is 31.7 Å². The van der Waals surface area contributed by atoms with E-state index in [1.807, 2.05) is 26.0 Å². The Hall–Kier alpha value is -0.870. The molecule has 1 fully saturated rings. The van der Waals surface area contributed by atoms with E-state index in [1.54, 1.807) is 64.6 Å². The lowest BCUT2D eigenvalue weighted by Gasteiger charge is -2.34. The Bertz CT molecular complexity index is 1020. The van der Waals surface area contributed by atoms with Crippen LogP contribution in [0.4, 0.5) is 0 Å². The average molecular weight is 730 g/mol. The van der Waals surface area contributed by atoms with Crippen molar-refractivity contribution >= 4 is 50.7 Å². The van der Waals surface area contributed by atoms with Crippen LogP contribution in [-0.2, 0) is 36.3 Å². The Kier molecular flexibility index (Phi) is 25.8. The summed E-state index contributed by atoms with van der Waals surface area (Å²) >= 11 is 3.27. The summed E-state index contributed by atoms with van der Waals surface area (Å²) in [5.41, 5.74) is 0.531. The number of aromatic nitrogens is 2. The molecule has 0 aliphatic carbocycles. The van der Waals surface area contributed by atoms with E-state index in [-0.39, 0.29) is 0 Å². The number of pyridine rings is 2. The minimum atomic E-state index is -3.11. The normalized spacial score (nSPS) is 13.4. The summed E-state index contributed by atoms with van der Waals surface area (Å²) in [5, 5.41) is 3.90. The minimum absolute atomic E-state index is 0.361. The van der Waals surface area contributed by atoms with Crippen molar-refractivity contribution in [3.8, 4) is 0 Å². The molecule has 2 aromatic rings. The Morgan fingerprint density at radius 1 is 0.791 bits per heavy atom. The van der Waals surface area contributed by atoms with Crippen molar-refractivity contribution in [1.29, 1.82) is 0 Å². The topological polar surface area (TPSA) is 127 Å². The lowest BCUT2D eigenvalue weighted by atomic mass is 10.2. The SMILES string of the molecule is Brc1ccncc1.C=P(OCC)(OCC)C1CCNCC1.CCOP(=O)(OCC)c1ccncc1.CCO[P+](=O)OCC. The molecule has 0 amide bonds. The fraction of sp³-hybridized carbons (Fsp3) is 0.607. The van der Waals surface area contributed by atoms with Gasteiger partial charge in [-0.2, -0.15) is 0 Å². The summed E-state index contributed by atoms with van der Waals surface area (Å²) in [7, 11) is -6.78. The number of rotatable bonds is 14. The molecule has 0 spiro atoms. The van der Waals surface area contributed by atoms with Crippen LogP contribution in [0.1, 0.15) is 54.4 Å². The maximum Gasteiger partial charge on any atom is 0.697 e. The van der Waals surface area contributed by atoms with Gasteiger partial charge in [0.2, 0.25) is 0 Å². The van der Waals surface area contributed by atoms with Crippen LogP contribution in [-0.4, -0.2) is 74.7 Å². The largest absolute Gasteiger partial charge is 0.697 e. The van der Waals surface area contributed by atoms with Gasteiger partial charge in [0.1, 0.15) is 20.6 Å². The highest BCUT2D eigenvalue weighted by Gasteiger charge is 2.29. The molecule has 246 valence electrons. The fourth-order valence-electron chi connectivity index (χ4n) is 3.52. The van der Waals surface area contributed by atoms with Crippen LogP contribution in [0.25, 0.3) is 0 Å². The molecule has 1 saturated heterocycles. The van der Waals surface area contributed by atoms with Gasteiger partial charge in [-0.15, -0.1) is 9.05 Å². The Labute approximate surface area is 267 Å². The first kappa shape index (κ1) is 42.1. The van der Waals surface area contributed by atoms with Crippen LogP contribution in [0.5, 0.6) is 0 Å². The van der Waals surface area contributed by atoms with E-state index in [2.05, 4.69) is 46.6 Å². The van der Waals surface area contributed by atoms with E-state index < -0.39 is 23.2 Å². The van der Waals surface area contributed by atoms with E-state index in [9.17, 15) is 9.13 Å². The van der Waals surface area contributed by atoms with Crippen molar-refractivity contribution < 1.29 is 36.3 Å². The van der Waals surface area contributed by atoms with E-state index in [4.69, 9.17) is 18.1 Å². The summed E-state index contributed by atoms with van der Waals surface area (Å²) in [5.74, 6) is 0. The number of hydrogen-bond donors (Lipinski definition) is 1. The quantitative estimate of drug-likeness (QED) is 0.193. The van der Waals surface area contributed by atoms with E-state index in [1.165, 1.54) is 0 Å². The summed E-state index contributed by atoms with van der Waals surface area (Å²) < 4.78 is 54.5. The van der Waals surface area contributed by atoms with Gasteiger partial charge in [-0.3, -0.25) is 14.5 Å². The number of hydrogen-bond acceptors (Lipinski definition) is 11. The predicted octanol–water partition coefficient (Wildman–Crippen LogP) is 7.62. The molecular weight excluding hydrogens is 679 g/mol. The Morgan fingerprint density at radius 2 is 1.21 bits per heavy atom. The third kappa shape index (κ3) is 19.3. The van der Waals surface area contributed by atoms with Gasteiger partial charge in [-0.1, -0.05) is 22.2 Å². The van der Waals surface area contributed by atoms with Gasteiger partial charge >= 0.3 is 15.9 Å². The van der Waals surface area contributed by atoms with Gasteiger partial charge in [0.15, 0.2) is 0 Å². The van der Waals surface area contributed by atoms with E-state index in [0.717, 1.165) is 30.4 Å². The molecule has 0 atom stereocenters. The minimum Gasteiger partial charge on any atom is -0.338 e. The summed E-state index contributed by atoms with van der Waals surface area (Å²) in [6.45, 7) is 16.3. The van der Waals surface area contributed by atoms with E-state index in [0.29, 0.717) is 50.6 Å². The zero-order valence-corrected chi connectivity index (χ0v) is 30.6. The summed E-state index contributed by atoms with van der Waals surface area (Å²) in [4.78, 5) is 7.66. The molecule has 0 saturated carbocycles. The van der Waals surface area contributed by atoms with Gasteiger partial charge in [-0.05, 0) is 91.7 Å². The molecule has 1 aliphatic rings. The zero-order valence-electron chi connectivity index (χ0n) is 26.4. The lowest BCUT2D eigenvalue weighted by molar-refractivity contribution is 0.230. The van der Waals surface area contributed by atoms with Crippen LogP contribution in [0, 0.1) is 0 Å². The highest BCUT2D eigenvalue weighted by Crippen LogP contribution is 2.55. The molecular formula is C28H50BrN3O8P3+. The van der Waals surface area contributed by atoms with Gasteiger partial charge in [-0.25, -0.2) is 0 Å². The third-order valence-electron chi connectivity index (χ3n) is 5.25. The standard InChI is InChI=1S/C10H22NO2P.C9H14NO3P.C5H4BrN.C4H10O3P/c1-4-12-14(3,13-5-2)10-6-8-11-9-7-10;1-3-12-14(11,13-4-2)9-5-7-10-8-6-9;6-5-1-3-7-4-2-5;1-3-6-8(5)7-4-2/h10-11H,3-9H2,1-2H3;5-8H,3-4H2,1-2H3;1-4H;3-4H2,1-2H3/q;;;+1. The second-order valence-electron chi connectivity index (χ2n) is 8.31. The van der Waals surface area contributed by atoms with Crippen LogP contribution < -0.4 is 10.6 Å². The molecule has 0 aromatic carbocycles. The van der Waals surface area contributed by atoms with Crippen LogP contribution in [0.15, 0.2) is 53.5 Å². The molecule has 2 aromatic heterocycles. The van der Waals surface area contributed by atoms with Crippen molar-refractivity contribution in [2.45, 2.75) is 60.0 Å². The molecule has 1 N–H and O–H groups in total. The fourth-order valence-corrected chi connectivity index (χ4v) is 8.22. The molecule has 3 heterocycles. The van der Waals surface area contributed by atoms with Crippen LogP contribution in [0.3, 0.4) is 0 Å². The van der Waals surface area contributed by atoms with Crippen molar-refractivity contribution in [1.82, 2.24) is 15.3 Å². The number of halogens is 1. The van der Waals surface area contributed by atoms with Crippen LogP contribution in [0.2, 0.25) is 0 Å². The number of nitrogens with one attached hydrogen (secondary N) is 1. The number of piperidine rings is 1. The van der Waals surface area contributed by atoms with Crippen molar-refractivity contribution in [2.75, 3.05) is 52.7 Å². The molecule has 1 aliphatic heterocycles. The second kappa shape index (κ2) is 26.4. The smallest absolute Gasteiger partial charge is 0.338 e. The highest BCUT2D eigenvalue weighted by molar-refractivity contribution is 9.10. The van der Waals surface area contributed by atoms with Gasteiger partial charge in [0.25, 0.3) is 0 Å². The first-order chi connectivity index (χ1) is 20.7. The zero-order chi connectivity index (χ0) is 32.4. The number of nitrogens with zero attached hydrogens (tertiary/aromatic N) is 2. The monoisotopic (exact) mass is 728 g/mol. The first-order valence-electron chi connectivity index (χ1n) is 14.5.